The van der Waals surface area contributed by atoms with Gasteiger partial charge in [-0.25, -0.2) is 9.97 Å². The summed E-state index contributed by atoms with van der Waals surface area (Å²) in [5.41, 5.74) is 7.27. The predicted octanol–water partition coefficient (Wildman–Crippen LogP) is 2.36. The van der Waals surface area contributed by atoms with E-state index in [2.05, 4.69) is 19.9 Å². The largest absolute Gasteiger partial charge is 0.368 e. The first kappa shape index (κ1) is 10.8. The summed E-state index contributed by atoms with van der Waals surface area (Å²) in [6, 6.07) is 0. The molecule has 2 aromatic heterocycles. The second-order valence-corrected chi connectivity index (χ2v) is 5.66. The second-order valence-electron chi connectivity index (χ2n) is 4.37. The lowest BCUT2D eigenvalue weighted by Crippen LogP contribution is -2.09. The van der Waals surface area contributed by atoms with Gasteiger partial charge in [-0.3, -0.25) is 0 Å². The number of nitrogens with one attached hydrogen (secondary N) is 1. The number of nitrogens with zero attached hydrogens (tertiary/aromatic N) is 3. The van der Waals surface area contributed by atoms with Crippen molar-refractivity contribution >= 4 is 28.9 Å². The fourth-order valence-electron chi connectivity index (χ4n) is 2.25. The van der Waals surface area contributed by atoms with Crippen LogP contribution in [0.4, 0.5) is 5.95 Å². The number of thioether (sulfide) groups is 1. The van der Waals surface area contributed by atoms with Gasteiger partial charge in [0, 0.05) is 5.25 Å². The van der Waals surface area contributed by atoms with Crippen molar-refractivity contribution in [2.24, 2.45) is 0 Å². The SMILES string of the molecule is Nc1nc(SC2CCCCC2)c2[nH]cnc2n1. The average Bonchev–Trinajstić information content (AvgIpc) is 2.78. The van der Waals surface area contributed by atoms with Crippen molar-refractivity contribution < 1.29 is 0 Å². The first-order chi connectivity index (χ1) is 8.33. The zero-order valence-electron chi connectivity index (χ0n) is 9.52. The lowest BCUT2D eigenvalue weighted by molar-refractivity contribution is 0.516. The fraction of sp³-hybridized carbons (Fsp3) is 0.545. The van der Waals surface area contributed by atoms with Gasteiger partial charge in [-0.05, 0) is 12.8 Å². The molecule has 0 atom stereocenters. The zero-order chi connectivity index (χ0) is 11.7. The smallest absolute Gasteiger partial charge is 0.223 e. The highest BCUT2D eigenvalue weighted by molar-refractivity contribution is 8.00. The van der Waals surface area contributed by atoms with Crippen LogP contribution in [0.5, 0.6) is 0 Å². The topological polar surface area (TPSA) is 80.5 Å². The molecule has 1 aliphatic rings. The van der Waals surface area contributed by atoms with E-state index in [9.17, 15) is 0 Å². The molecule has 0 spiro atoms. The predicted molar refractivity (Wildman–Crippen MR) is 68.8 cm³/mol. The Labute approximate surface area is 104 Å². The monoisotopic (exact) mass is 249 g/mol. The van der Waals surface area contributed by atoms with Gasteiger partial charge in [-0.2, -0.15) is 4.98 Å². The van der Waals surface area contributed by atoms with E-state index in [-0.39, 0.29) is 0 Å². The Balaban J connectivity index is 1.90. The van der Waals surface area contributed by atoms with Gasteiger partial charge in [0.25, 0.3) is 0 Å². The first-order valence-electron chi connectivity index (χ1n) is 5.96. The number of nitrogen functional groups attached to an aromatic ring is 1. The van der Waals surface area contributed by atoms with Crippen LogP contribution >= 0.6 is 11.8 Å². The van der Waals surface area contributed by atoms with Crippen molar-refractivity contribution in [3.05, 3.63) is 6.33 Å². The molecule has 0 amide bonds. The van der Waals surface area contributed by atoms with E-state index < -0.39 is 0 Å². The summed E-state index contributed by atoms with van der Waals surface area (Å²) < 4.78 is 0. The highest BCUT2D eigenvalue weighted by atomic mass is 32.2. The molecule has 3 rings (SSSR count). The van der Waals surface area contributed by atoms with Gasteiger partial charge in [0.15, 0.2) is 5.65 Å². The van der Waals surface area contributed by atoms with E-state index in [4.69, 9.17) is 5.73 Å². The molecule has 1 fully saturated rings. The second kappa shape index (κ2) is 4.52. The van der Waals surface area contributed by atoms with Crippen LogP contribution in [0.2, 0.25) is 0 Å². The molecule has 6 heteroatoms. The summed E-state index contributed by atoms with van der Waals surface area (Å²) in [7, 11) is 0. The number of aromatic nitrogens is 4. The molecule has 0 unspecified atom stereocenters. The number of hydrogen-bond donors (Lipinski definition) is 2. The van der Waals surface area contributed by atoms with Crippen LogP contribution in [-0.4, -0.2) is 25.2 Å². The van der Waals surface area contributed by atoms with Crippen LogP contribution in [0.1, 0.15) is 32.1 Å². The highest BCUT2D eigenvalue weighted by Crippen LogP contribution is 2.35. The molecule has 0 bridgehead atoms. The van der Waals surface area contributed by atoms with Crippen molar-refractivity contribution in [3.8, 4) is 0 Å². The third kappa shape index (κ3) is 2.22. The van der Waals surface area contributed by atoms with E-state index in [0.717, 1.165) is 10.5 Å². The fourth-order valence-corrected chi connectivity index (χ4v) is 3.55. The van der Waals surface area contributed by atoms with Crippen molar-refractivity contribution in [1.82, 2.24) is 19.9 Å². The minimum Gasteiger partial charge on any atom is -0.368 e. The maximum atomic E-state index is 5.70. The van der Waals surface area contributed by atoms with E-state index in [1.807, 2.05) is 11.8 Å². The Hall–Kier alpha value is -1.30. The molecular weight excluding hydrogens is 234 g/mol. The van der Waals surface area contributed by atoms with Gasteiger partial charge in [0.05, 0.1) is 6.33 Å². The molecule has 3 N–H and O–H groups in total. The molecule has 2 heterocycles. The summed E-state index contributed by atoms with van der Waals surface area (Å²) in [6.07, 6.45) is 8.19. The number of imidazole rings is 1. The quantitative estimate of drug-likeness (QED) is 0.799. The molecule has 1 saturated carbocycles. The van der Waals surface area contributed by atoms with Crippen molar-refractivity contribution in [3.63, 3.8) is 0 Å². The number of nitrogens with two attached hydrogens (primary N) is 1. The molecule has 0 saturated heterocycles. The van der Waals surface area contributed by atoms with Gasteiger partial charge < -0.3 is 10.7 Å². The maximum absolute atomic E-state index is 5.70. The third-order valence-electron chi connectivity index (χ3n) is 3.10. The Bertz CT molecular complexity index is 518. The Kier molecular flexibility index (Phi) is 2.88. The molecule has 5 nitrogen and oxygen atoms in total. The minimum atomic E-state index is 0.308. The van der Waals surface area contributed by atoms with Crippen molar-refractivity contribution in [1.29, 1.82) is 0 Å². The number of H-pyrrole nitrogens is 1. The van der Waals surface area contributed by atoms with Crippen LogP contribution in [0, 0.1) is 0 Å². The maximum Gasteiger partial charge on any atom is 0.223 e. The molecule has 1 aliphatic carbocycles. The third-order valence-corrected chi connectivity index (χ3v) is 4.42. The average molecular weight is 249 g/mol. The first-order valence-corrected chi connectivity index (χ1v) is 6.84. The minimum absolute atomic E-state index is 0.308. The lowest BCUT2D eigenvalue weighted by atomic mass is 10.0. The normalized spacial score (nSPS) is 17.6. The van der Waals surface area contributed by atoms with E-state index >= 15 is 0 Å². The van der Waals surface area contributed by atoms with Crippen molar-refractivity contribution in [2.45, 2.75) is 42.4 Å². The summed E-state index contributed by atoms with van der Waals surface area (Å²) >= 11 is 1.81. The molecule has 17 heavy (non-hydrogen) atoms. The van der Waals surface area contributed by atoms with Gasteiger partial charge in [0.1, 0.15) is 10.5 Å². The lowest BCUT2D eigenvalue weighted by Gasteiger charge is -2.20. The number of rotatable bonds is 2. The van der Waals surface area contributed by atoms with Gasteiger partial charge in [-0.15, -0.1) is 11.8 Å². The van der Waals surface area contributed by atoms with Gasteiger partial charge in [-0.1, -0.05) is 19.3 Å². The van der Waals surface area contributed by atoms with E-state index in [0.29, 0.717) is 16.8 Å². The summed E-state index contributed by atoms with van der Waals surface area (Å²) in [6.45, 7) is 0. The number of aromatic amines is 1. The summed E-state index contributed by atoms with van der Waals surface area (Å²) in [4.78, 5) is 15.7. The van der Waals surface area contributed by atoms with Crippen LogP contribution in [0.25, 0.3) is 11.2 Å². The number of hydrogen-bond acceptors (Lipinski definition) is 5. The molecule has 2 aromatic rings. The molecule has 90 valence electrons. The van der Waals surface area contributed by atoms with E-state index in [1.54, 1.807) is 6.33 Å². The Morgan fingerprint density at radius 3 is 2.88 bits per heavy atom. The zero-order valence-corrected chi connectivity index (χ0v) is 10.3. The Morgan fingerprint density at radius 2 is 2.06 bits per heavy atom. The molecular formula is C11H15N5S. The van der Waals surface area contributed by atoms with Crippen LogP contribution in [0.3, 0.4) is 0 Å². The number of anilines is 1. The summed E-state index contributed by atoms with van der Waals surface area (Å²) in [5.74, 6) is 0.308. The molecule has 0 radical (unpaired) electrons. The van der Waals surface area contributed by atoms with E-state index in [1.165, 1.54) is 32.1 Å². The number of fused-ring (bicyclic) bond motifs is 1. The van der Waals surface area contributed by atoms with Crippen LogP contribution < -0.4 is 5.73 Å². The molecule has 0 aliphatic heterocycles. The standard InChI is InChI=1S/C11H15N5S/c12-11-15-9-8(13-6-14-9)10(16-11)17-7-4-2-1-3-5-7/h6-7H,1-5H2,(H3,12,13,14,15,16). The van der Waals surface area contributed by atoms with Crippen LogP contribution in [-0.2, 0) is 0 Å². The highest BCUT2D eigenvalue weighted by Gasteiger charge is 2.18. The molecule has 0 aromatic carbocycles. The summed E-state index contributed by atoms with van der Waals surface area (Å²) in [5, 5.41) is 1.60. The van der Waals surface area contributed by atoms with Gasteiger partial charge >= 0.3 is 0 Å². The van der Waals surface area contributed by atoms with Crippen molar-refractivity contribution in [2.75, 3.05) is 5.73 Å². The van der Waals surface area contributed by atoms with Crippen LogP contribution in [0.15, 0.2) is 11.4 Å². The Morgan fingerprint density at radius 1 is 1.24 bits per heavy atom. The van der Waals surface area contributed by atoms with Gasteiger partial charge in [0.2, 0.25) is 5.95 Å².